The molecular weight excluding hydrogens is 531 g/mol. The van der Waals surface area contributed by atoms with Gasteiger partial charge in [-0.3, -0.25) is 19.5 Å². The number of carbonyl (C=O) groups excluding carboxylic acids is 2. The number of carbonyl (C=O) groups is 2. The van der Waals surface area contributed by atoms with Crippen LogP contribution in [0.15, 0.2) is 59.9 Å². The van der Waals surface area contributed by atoms with Crippen LogP contribution in [0.3, 0.4) is 0 Å². The van der Waals surface area contributed by atoms with E-state index in [4.69, 9.17) is 0 Å². The zero-order chi connectivity index (χ0) is 22.1. The predicted molar refractivity (Wildman–Crippen MR) is 136 cm³/mol. The lowest BCUT2D eigenvalue weighted by Gasteiger charge is -2.18. The largest absolute Gasteiger partial charge is 0.356 e. The molecule has 2 bridgehead atoms. The number of allylic oxidation sites excluding steroid dienone is 2. The smallest absolute Gasteiger partial charge is 0.233 e. The molecular formula is C24H29IN6O2. The Balaban J connectivity index is 0.00000259. The summed E-state index contributed by atoms with van der Waals surface area (Å²) < 4.78 is 1.84. The van der Waals surface area contributed by atoms with Crippen molar-refractivity contribution in [1.82, 2.24) is 25.3 Å². The van der Waals surface area contributed by atoms with Crippen molar-refractivity contribution in [3.63, 3.8) is 0 Å². The van der Waals surface area contributed by atoms with Crippen molar-refractivity contribution in [2.24, 2.45) is 28.7 Å². The Hall–Kier alpha value is -2.69. The Morgan fingerprint density at radius 2 is 1.82 bits per heavy atom. The number of aromatic nitrogens is 2. The fraction of sp³-hybridized carbons (Fsp3) is 0.417. The number of hydrogen-bond acceptors (Lipinski definition) is 4. The molecule has 3 aliphatic rings. The Morgan fingerprint density at radius 3 is 2.48 bits per heavy atom. The summed E-state index contributed by atoms with van der Waals surface area (Å²) in [4.78, 5) is 31.3. The number of amides is 2. The number of imide groups is 1. The molecule has 9 heteroatoms. The molecule has 2 aromatic rings. The summed E-state index contributed by atoms with van der Waals surface area (Å²) in [5.41, 5.74) is 2.11. The average molecular weight is 560 g/mol. The number of para-hydroxylation sites is 1. The molecule has 2 aliphatic carbocycles. The van der Waals surface area contributed by atoms with Gasteiger partial charge in [0.25, 0.3) is 0 Å². The number of likely N-dealkylation sites (tertiary alicyclic amines) is 1. The van der Waals surface area contributed by atoms with Crippen molar-refractivity contribution in [2.75, 3.05) is 20.1 Å². The van der Waals surface area contributed by atoms with Crippen LogP contribution in [0.5, 0.6) is 0 Å². The van der Waals surface area contributed by atoms with Crippen LogP contribution in [0.1, 0.15) is 18.4 Å². The minimum Gasteiger partial charge on any atom is -0.356 e. The van der Waals surface area contributed by atoms with Crippen LogP contribution in [0.4, 0.5) is 0 Å². The van der Waals surface area contributed by atoms with Crippen LogP contribution >= 0.6 is 24.0 Å². The number of fused-ring (bicyclic) bond motifs is 5. The summed E-state index contributed by atoms with van der Waals surface area (Å²) in [7, 11) is 1.73. The summed E-state index contributed by atoms with van der Waals surface area (Å²) in [6.07, 6.45) is 9.58. The topological polar surface area (TPSA) is 91.6 Å². The first-order valence-corrected chi connectivity index (χ1v) is 11.2. The first kappa shape index (κ1) is 23.5. The molecule has 1 saturated carbocycles. The van der Waals surface area contributed by atoms with Crippen molar-refractivity contribution in [3.8, 4) is 5.69 Å². The molecule has 174 valence electrons. The van der Waals surface area contributed by atoms with Crippen molar-refractivity contribution < 1.29 is 9.59 Å². The quantitative estimate of drug-likeness (QED) is 0.136. The van der Waals surface area contributed by atoms with Gasteiger partial charge >= 0.3 is 0 Å². The van der Waals surface area contributed by atoms with E-state index in [2.05, 4.69) is 38.9 Å². The molecule has 1 aromatic carbocycles. The molecule has 2 amide bonds. The van der Waals surface area contributed by atoms with Gasteiger partial charge in [0, 0.05) is 39.1 Å². The molecule has 0 radical (unpaired) electrons. The minimum absolute atomic E-state index is 0. The number of halogens is 1. The minimum atomic E-state index is -0.116. The second kappa shape index (κ2) is 10.1. The number of guanidine groups is 1. The highest BCUT2D eigenvalue weighted by Crippen LogP contribution is 2.52. The van der Waals surface area contributed by atoms with Gasteiger partial charge in [-0.2, -0.15) is 5.10 Å². The number of hydrogen-bond donors (Lipinski definition) is 2. The van der Waals surface area contributed by atoms with Crippen LogP contribution in [-0.2, 0) is 16.1 Å². The molecule has 2 heterocycles. The third-order valence-corrected chi connectivity index (χ3v) is 6.83. The van der Waals surface area contributed by atoms with Crippen molar-refractivity contribution in [2.45, 2.75) is 19.4 Å². The van der Waals surface area contributed by atoms with Gasteiger partial charge in [0.15, 0.2) is 5.96 Å². The number of benzene rings is 1. The van der Waals surface area contributed by atoms with Gasteiger partial charge in [0.2, 0.25) is 11.8 Å². The summed E-state index contributed by atoms with van der Waals surface area (Å²) in [5, 5.41) is 10.9. The van der Waals surface area contributed by atoms with E-state index in [0.717, 1.165) is 17.7 Å². The standard InChI is InChI=1S/C24H28N6O2.HI/c1-25-24(27-15-18-6-2-3-7-19(18)30-13-5-11-28-30)26-10-4-12-29-22(31)20-16-8-9-17(14-16)21(20)23(29)32;/h2-3,5-9,11,13,16-17,20-21H,4,10,12,14-15H2,1H3,(H2,25,26,27);1H. The molecule has 5 rings (SSSR count). The second-order valence-corrected chi connectivity index (χ2v) is 8.61. The van der Waals surface area contributed by atoms with E-state index < -0.39 is 0 Å². The molecule has 2 N–H and O–H groups in total. The Kier molecular flexibility index (Phi) is 7.16. The van der Waals surface area contributed by atoms with Gasteiger partial charge in [-0.05, 0) is 42.4 Å². The van der Waals surface area contributed by atoms with Crippen LogP contribution in [0.25, 0.3) is 5.69 Å². The zero-order valence-corrected chi connectivity index (χ0v) is 20.9. The zero-order valence-electron chi connectivity index (χ0n) is 18.6. The molecule has 0 spiro atoms. The van der Waals surface area contributed by atoms with Gasteiger partial charge in [-0.25, -0.2) is 4.68 Å². The van der Waals surface area contributed by atoms with Gasteiger partial charge in [-0.15, -0.1) is 24.0 Å². The summed E-state index contributed by atoms with van der Waals surface area (Å²) in [6.45, 7) is 1.67. The monoisotopic (exact) mass is 560 g/mol. The lowest BCUT2D eigenvalue weighted by molar-refractivity contribution is -0.140. The first-order chi connectivity index (χ1) is 15.7. The highest BCUT2D eigenvalue weighted by atomic mass is 127. The third-order valence-electron chi connectivity index (χ3n) is 6.83. The summed E-state index contributed by atoms with van der Waals surface area (Å²) >= 11 is 0. The Bertz CT molecular complexity index is 1040. The Labute approximate surface area is 210 Å². The van der Waals surface area contributed by atoms with Crippen molar-refractivity contribution in [1.29, 1.82) is 0 Å². The normalized spacial score (nSPS) is 25.4. The lowest BCUT2D eigenvalue weighted by Crippen LogP contribution is -2.39. The highest BCUT2D eigenvalue weighted by Gasteiger charge is 2.58. The van der Waals surface area contributed by atoms with E-state index in [-0.39, 0.29) is 59.5 Å². The predicted octanol–water partition coefficient (Wildman–Crippen LogP) is 2.35. The SMILES string of the molecule is CN=C(NCCCN1C(=O)C2C3C=CC(C3)C2C1=O)NCc1ccccc1-n1cccn1.I. The second-order valence-electron chi connectivity index (χ2n) is 8.61. The third kappa shape index (κ3) is 4.42. The Morgan fingerprint density at radius 1 is 1.09 bits per heavy atom. The number of rotatable bonds is 7. The molecule has 1 saturated heterocycles. The van der Waals surface area contributed by atoms with Gasteiger partial charge in [0.05, 0.1) is 17.5 Å². The van der Waals surface area contributed by atoms with Crippen LogP contribution in [0.2, 0.25) is 0 Å². The maximum atomic E-state index is 12.8. The van der Waals surface area contributed by atoms with Crippen LogP contribution < -0.4 is 10.6 Å². The summed E-state index contributed by atoms with van der Waals surface area (Å²) in [5.74, 6) is 1.02. The molecule has 1 aromatic heterocycles. The summed E-state index contributed by atoms with van der Waals surface area (Å²) in [6, 6.07) is 9.97. The average Bonchev–Trinajstić information content (AvgIpc) is 3.60. The molecule has 2 fully saturated rings. The molecule has 8 nitrogen and oxygen atoms in total. The molecule has 1 aliphatic heterocycles. The molecule has 4 atom stereocenters. The van der Waals surface area contributed by atoms with E-state index in [1.807, 2.05) is 35.1 Å². The van der Waals surface area contributed by atoms with E-state index in [9.17, 15) is 9.59 Å². The first-order valence-electron chi connectivity index (χ1n) is 11.2. The van der Waals surface area contributed by atoms with Crippen LogP contribution in [-0.4, -0.2) is 52.6 Å². The van der Waals surface area contributed by atoms with Crippen molar-refractivity contribution >= 4 is 41.8 Å². The van der Waals surface area contributed by atoms with E-state index >= 15 is 0 Å². The maximum absolute atomic E-state index is 12.8. The molecule has 33 heavy (non-hydrogen) atoms. The lowest BCUT2D eigenvalue weighted by atomic mass is 9.85. The maximum Gasteiger partial charge on any atom is 0.233 e. The fourth-order valence-corrected chi connectivity index (χ4v) is 5.32. The van der Waals surface area contributed by atoms with Gasteiger partial charge < -0.3 is 10.6 Å². The fourth-order valence-electron chi connectivity index (χ4n) is 5.32. The number of nitrogens with zero attached hydrogens (tertiary/aromatic N) is 4. The van der Waals surface area contributed by atoms with Crippen LogP contribution in [0, 0.1) is 23.7 Å². The van der Waals surface area contributed by atoms with Crippen molar-refractivity contribution in [3.05, 3.63) is 60.4 Å². The molecule has 4 unspecified atom stereocenters. The highest BCUT2D eigenvalue weighted by molar-refractivity contribution is 14.0. The van der Waals surface area contributed by atoms with Gasteiger partial charge in [0.1, 0.15) is 0 Å². The van der Waals surface area contributed by atoms with E-state index in [1.54, 1.807) is 13.2 Å². The number of nitrogens with one attached hydrogen (secondary N) is 2. The van der Waals surface area contributed by atoms with E-state index in [0.29, 0.717) is 32.0 Å². The number of aliphatic imine (C=N–C) groups is 1. The van der Waals surface area contributed by atoms with E-state index in [1.165, 1.54) is 4.90 Å². The van der Waals surface area contributed by atoms with Gasteiger partial charge in [-0.1, -0.05) is 30.4 Å².